The highest BCUT2D eigenvalue weighted by Crippen LogP contribution is 2.30. The van der Waals surface area contributed by atoms with Gasteiger partial charge in [-0.2, -0.15) is 13.2 Å². The van der Waals surface area contributed by atoms with Gasteiger partial charge in [0.2, 0.25) is 0 Å². The van der Waals surface area contributed by atoms with Crippen LogP contribution in [0.3, 0.4) is 0 Å². The van der Waals surface area contributed by atoms with Crippen LogP contribution in [0.15, 0.2) is 24.3 Å². The Labute approximate surface area is 131 Å². The van der Waals surface area contributed by atoms with Gasteiger partial charge in [-0.3, -0.25) is 4.79 Å². The van der Waals surface area contributed by atoms with Gasteiger partial charge in [0.1, 0.15) is 0 Å². The summed E-state index contributed by atoms with van der Waals surface area (Å²) in [7, 11) is 0. The van der Waals surface area contributed by atoms with E-state index in [-0.39, 0.29) is 11.4 Å². The molecule has 0 unspecified atom stereocenters. The molecule has 1 heterocycles. The van der Waals surface area contributed by atoms with E-state index in [2.05, 4.69) is 15.6 Å². The lowest BCUT2D eigenvalue weighted by Crippen LogP contribution is -2.41. The molecule has 0 fully saturated rings. The Morgan fingerprint density at radius 3 is 2.43 bits per heavy atom. The smallest absolute Gasteiger partial charge is 0.346 e. The fourth-order valence-corrected chi connectivity index (χ4v) is 2.00. The van der Waals surface area contributed by atoms with Crippen molar-refractivity contribution in [3.63, 3.8) is 0 Å². The summed E-state index contributed by atoms with van der Waals surface area (Å²) in [5.41, 5.74) is -0.600. The second kappa shape index (κ2) is 5.68. The van der Waals surface area contributed by atoms with Crippen molar-refractivity contribution in [1.29, 1.82) is 0 Å². The fourth-order valence-electron chi connectivity index (χ4n) is 2.00. The predicted molar refractivity (Wildman–Crippen MR) is 78.3 cm³/mol. The second-order valence-corrected chi connectivity index (χ2v) is 6.19. The minimum absolute atomic E-state index is 0.0809. The number of halogens is 3. The summed E-state index contributed by atoms with van der Waals surface area (Å²) >= 11 is 0. The molecule has 1 amide bonds. The van der Waals surface area contributed by atoms with Crippen LogP contribution in [-0.2, 0) is 6.18 Å². The maximum atomic E-state index is 12.8. The first-order valence-electron chi connectivity index (χ1n) is 6.91. The van der Waals surface area contributed by atoms with E-state index in [9.17, 15) is 18.0 Å². The zero-order valence-electron chi connectivity index (χ0n) is 13.2. The Morgan fingerprint density at radius 1 is 1.22 bits per heavy atom. The largest absolute Gasteiger partial charge is 0.416 e. The van der Waals surface area contributed by atoms with Crippen molar-refractivity contribution in [2.24, 2.45) is 0 Å². The lowest BCUT2D eigenvalue weighted by atomic mass is 10.1. The molecule has 5 nitrogen and oxygen atoms in total. The maximum absolute atomic E-state index is 12.8. The average Bonchev–Trinajstić information content (AvgIpc) is 2.78. The van der Waals surface area contributed by atoms with Crippen LogP contribution in [0.5, 0.6) is 0 Å². The summed E-state index contributed by atoms with van der Waals surface area (Å²) < 4.78 is 39.6. The lowest BCUT2D eigenvalue weighted by molar-refractivity contribution is -0.137. The van der Waals surface area contributed by atoms with Crippen LogP contribution in [0.2, 0.25) is 0 Å². The molecule has 0 saturated carbocycles. The Balaban J connectivity index is 2.38. The van der Waals surface area contributed by atoms with Crippen molar-refractivity contribution in [1.82, 2.24) is 20.3 Å². The van der Waals surface area contributed by atoms with E-state index in [1.54, 1.807) is 6.92 Å². The number of nitrogens with one attached hydrogen (secondary N) is 1. The predicted octanol–water partition coefficient (Wildman–Crippen LogP) is 3.12. The van der Waals surface area contributed by atoms with Crippen LogP contribution in [0, 0.1) is 6.92 Å². The van der Waals surface area contributed by atoms with Crippen molar-refractivity contribution in [2.75, 3.05) is 0 Å². The van der Waals surface area contributed by atoms with Gasteiger partial charge in [0, 0.05) is 5.54 Å². The van der Waals surface area contributed by atoms with Crippen molar-refractivity contribution in [3.8, 4) is 5.69 Å². The molecular formula is C15H17F3N4O. The van der Waals surface area contributed by atoms with E-state index in [0.717, 1.165) is 12.1 Å². The summed E-state index contributed by atoms with van der Waals surface area (Å²) in [4.78, 5) is 12.1. The first-order chi connectivity index (χ1) is 10.5. The Morgan fingerprint density at radius 2 is 1.87 bits per heavy atom. The van der Waals surface area contributed by atoms with E-state index in [0.29, 0.717) is 5.69 Å². The third-order valence-electron chi connectivity index (χ3n) is 3.02. The molecule has 23 heavy (non-hydrogen) atoms. The van der Waals surface area contributed by atoms with E-state index in [4.69, 9.17) is 0 Å². The molecule has 0 aliphatic rings. The Bertz CT molecular complexity index is 729. The second-order valence-electron chi connectivity index (χ2n) is 6.19. The van der Waals surface area contributed by atoms with Gasteiger partial charge in [0.15, 0.2) is 5.69 Å². The molecule has 0 saturated heterocycles. The first-order valence-corrected chi connectivity index (χ1v) is 6.91. The molecule has 124 valence electrons. The number of alkyl halides is 3. The van der Waals surface area contributed by atoms with Crippen LogP contribution in [-0.4, -0.2) is 26.4 Å². The van der Waals surface area contributed by atoms with Crippen molar-refractivity contribution in [3.05, 3.63) is 41.2 Å². The molecule has 0 atom stereocenters. The number of hydrogen-bond acceptors (Lipinski definition) is 3. The molecule has 1 aromatic heterocycles. The zero-order chi connectivity index (χ0) is 17.4. The lowest BCUT2D eigenvalue weighted by Gasteiger charge is -2.19. The van der Waals surface area contributed by atoms with Crippen LogP contribution in [0.4, 0.5) is 13.2 Å². The van der Waals surface area contributed by atoms with E-state index >= 15 is 0 Å². The molecule has 0 spiro atoms. The zero-order valence-corrected chi connectivity index (χ0v) is 13.2. The number of rotatable bonds is 2. The summed E-state index contributed by atoms with van der Waals surface area (Å²) in [5, 5.41) is 10.3. The van der Waals surface area contributed by atoms with Gasteiger partial charge in [-0.15, -0.1) is 5.10 Å². The Hall–Kier alpha value is -2.38. The molecule has 8 heteroatoms. The van der Waals surface area contributed by atoms with Gasteiger partial charge in [-0.1, -0.05) is 11.3 Å². The highest BCUT2D eigenvalue weighted by Gasteiger charge is 2.31. The molecule has 2 rings (SSSR count). The van der Waals surface area contributed by atoms with Gasteiger partial charge in [0.25, 0.3) is 5.91 Å². The van der Waals surface area contributed by atoms with Crippen LogP contribution >= 0.6 is 0 Å². The van der Waals surface area contributed by atoms with Crippen LogP contribution < -0.4 is 5.32 Å². The number of amides is 1. The number of nitrogens with zero attached hydrogens (tertiary/aromatic N) is 3. The standard InChI is InChI=1S/C15H17F3N4O/c1-9-12(13(23)19-14(2,3)4)20-21-22(9)11-7-5-6-10(8-11)15(16,17)18/h5-8H,1-4H3,(H,19,23). The number of benzene rings is 1. The molecule has 1 N–H and O–H groups in total. The molecule has 2 aromatic rings. The average molecular weight is 326 g/mol. The van der Waals surface area contributed by atoms with Gasteiger partial charge < -0.3 is 5.32 Å². The van der Waals surface area contributed by atoms with Gasteiger partial charge in [-0.25, -0.2) is 4.68 Å². The summed E-state index contributed by atoms with van der Waals surface area (Å²) in [6.45, 7) is 7.03. The highest BCUT2D eigenvalue weighted by atomic mass is 19.4. The number of carbonyl (C=O) groups excluding carboxylic acids is 1. The van der Waals surface area contributed by atoms with Gasteiger partial charge >= 0.3 is 6.18 Å². The summed E-state index contributed by atoms with van der Waals surface area (Å²) in [5.74, 6) is -0.423. The maximum Gasteiger partial charge on any atom is 0.416 e. The van der Waals surface area contributed by atoms with E-state index in [1.807, 2.05) is 20.8 Å². The topological polar surface area (TPSA) is 59.8 Å². The third kappa shape index (κ3) is 3.88. The quantitative estimate of drug-likeness (QED) is 0.922. The molecule has 0 radical (unpaired) electrons. The third-order valence-corrected chi connectivity index (χ3v) is 3.02. The summed E-state index contributed by atoms with van der Waals surface area (Å²) in [6.07, 6.45) is -4.45. The number of hydrogen-bond donors (Lipinski definition) is 1. The molecular weight excluding hydrogens is 309 g/mol. The first kappa shape index (κ1) is 17.0. The summed E-state index contributed by atoms with van der Waals surface area (Å²) in [6, 6.07) is 4.70. The van der Waals surface area contributed by atoms with Crippen molar-refractivity contribution in [2.45, 2.75) is 39.4 Å². The molecule has 0 aliphatic heterocycles. The van der Waals surface area contributed by atoms with Gasteiger partial charge in [-0.05, 0) is 45.9 Å². The molecule has 0 bridgehead atoms. The molecule has 0 aliphatic carbocycles. The number of aromatic nitrogens is 3. The normalized spacial score (nSPS) is 12.3. The minimum atomic E-state index is -4.45. The SMILES string of the molecule is Cc1c(C(=O)NC(C)(C)C)nnn1-c1cccc(C(F)(F)F)c1. The van der Waals surface area contributed by atoms with E-state index in [1.165, 1.54) is 16.8 Å². The number of carbonyl (C=O) groups is 1. The highest BCUT2D eigenvalue weighted by molar-refractivity contribution is 5.93. The van der Waals surface area contributed by atoms with Crippen LogP contribution in [0.1, 0.15) is 42.5 Å². The van der Waals surface area contributed by atoms with Crippen molar-refractivity contribution >= 4 is 5.91 Å². The van der Waals surface area contributed by atoms with Crippen molar-refractivity contribution < 1.29 is 18.0 Å². The Kier molecular flexibility index (Phi) is 4.19. The van der Waals surface area contributed by atoms with E-state index < -0.39 is 23.2 Å². The minimum Gasteiger partial charge on any atom is -0.346 e. The molecule has 1 aromatic carbocycles. The van der Waals surface area contributed by atoms with Gasteiger partial charge in [0.05, 0.1) is 16.9 Å². The monoisotopic (exact) mass is 326 g/mol. The van der Waals surface area contributed by atoms with Crippen LogP contribution in [0.25, 0.3) is 5.69 Å². The fraction of sp³-hybridized carbons (Fsp3) is 0.400.